The fourth-order valence-corrected chi connectivity index (χ4v) is 4.78. The average molecular weight is 571 g/mol. The van der Waals surface area contributed by atoms with Crippen LogP contribution in [0.1, 0.15) is 33.1 Å². The van der Waals surface area contributed by atoms with Crippen LogP contribution < -0.4 is 15.4 Å². The number of sulfonamides is 1. The summed E-state index contributed by atoms with van der Waals surface area (Å²) < 4.78 is 32.6. The van der Waals surface area contributed by atoms with E-state index in [0.717, 1.165) is 32.4 Å². The second-order valence-electron chi connectivity index (χ2n) is 7.04. The molecule has 0 radical (unpaired) electrons. The molecule has 3 N–H and O–H groups in total. The fraction of sp³-hybridized carbons (Fsp3) is 0.650. The molecule has 0 amide bonds. The van der Waals surface area contributed by atoms with Gasteiger partial charge in [0.1, 0.15) is 0 Å². The molecule has 2 unspecified atom stereocenters. The summed E-state index contributed by atoms with van der Waals surface area (Å²) in [5, 5.41) is 6.59. The van der Waals surface area contributed by atoms with Crippen LogP contribution in [0.15, 0.2) is 40.2 Å². The van der Waals surface area contributed by atoms with E-state index in [0.29, 0.717) is 30.8 Å². The summed E-state index contributed by atoms with van der Waals surface area (Å²) in [6, 6.07) is 10.2. The molecule has 0 aromatic heterocycles. The van der Waals surface area contributed by atoms with Crippen LogP contribution >= 0.6 is 35.7 Å². The molecule has 0 aliphatic carbocycles. The number of rotatable bonds is 11. The quantitative estimate of drug-likeness (QED) is 0.164. The number of aliphatic imine (C=N–C) groups is 1. The number of ether oxygens (including phenoxy) is 1. The van der Waals surface area contributed by atoms with Gasteiger partial charge in [-0.3, -0.25) is 4.99 Å². The third-order valence-electron chi connectivity index (χ3n) is 4.40. The van der Waals surface area contributed by atoms with E-state index >= 15 is 0 Å². The second kappa shape index (κ2) is 15.3. The van der Waals surface area contributed by atoms with Crippen LogP contribution in [0.25, 0.3) is 0 Å². The van der Waals surface area contributed by atoms with Crippen molar-refractivity contribution in [1.82, 2.24) is 15.4 Å². The smallest absolute Gasteiger partial charge is 0.213 e. The zero-order valence-corrected chi connectivity index (χ0v) is 21.8. The number of guanidine groups is 1. The predicted molar refractivity (Wildman–Crippen MR) is 137 cm³/mol. The molecule has 0 bridgehead atoms. The lowest BCUT2D eigenvalue weighted by molar-refractivity contribution is 0.0200. The Morgan fingerprint density at radius 1 is 1.27 bits per heavy atom. The topological polar surface area (TPSA) is 91.8 Å². The minimum Gasteiger partial charge on any atom is -0.377 e. The van der Waals surface area contributed by atoms with Crippen molar-refractivity contribution >= 4 is 51.7 Å². The van der Waals surface area contributed by atoms with Crippen LogP contribution in [-0.2, 0) is 14.8 Å². The van der Waals surface area contributed by atoms with Gasteiger partial charge in [0.2, 0.25) is 10.0 Å². The van der Waals surface area contributed by atoms with Gasteiger partial charge in [0.15, 0.2) is 5.96 Å². The predicted octanol–water partition coefficient (Wildman–Crippen LogP) is 2.83. The van der Waals surface area contributed by atoms with E-state index in [1.54, 1.807) is 11.8 Å². The Morgan fingerprint density at radius 2 is 2.03 bits per heavy atom. The standard InChI is InChI=1S/C20H34N4O3S2.HI/c1-3-21-20(23-15-17(2)28-19-10-5-4-6-11-19)22-12-14-29(25,26)24-16-18-9-7-8-13-27-18;/h4-6,10-11,17-18,24H,3,7-9,12-16H2,1-2H3,(H2,21,22,23);1H. The van der Waals surface area contributed by atoms with Gasteiger partial charge >= 0.3 is 0 Å². The number of nitrogens with one attached hydrogen (secondary N) is 3. The van der Waals surface area contributed by atoms with Gasteiger partial charge in [0.25, 0.3) is 0 Å². The van der Waals surface area contributed by atoms with E-state index < -0.39 is 10.0 Å². The summed E-state index contributed by atoms with van der Waals surface area (Å²) >= 11 is 1.77. The Kier molecular flexibility index (Phi) is 14.0. The molecule has 10 heteroatoms. The fourth-order valence-electron chi connectivity index (χ4n) is 2.89. The minimum absolute atomic E-state index is 0. The summed E-state index contributed by atoms with van der Waals surface area (Å²) in [5.74, 6) is 0.636. The molecule has 1 aromatic rings. The number of hydrogen-bond acceptors (Lipinski definition) is 5. The maximum atomic E-state index is 12.2. The summed E-state index contributed by atoms with van der Waals surface area (Å²) in [6.45, 7) is 6.85. The maximum Gasteiger partial charge on any atom is 0.213 e. The van der Waals surface area contributed by atoms with E-state index in [2.05, 4.69) is 39.4 Å². The third kappa shape index (κ3) is 11.7. The van der Waals surface area contributed by atoms with E-state index in [1.165, 1.54) is 4.90 Å². The molecule has 0 spiro atoms. The molecule has 172 valence electrons. The van der Waals surface area contributed by atoms with E-state index in [-0.39, 0.29) is 35.8 Å². The van der Waals surface area contributed by atoms with Crippen LogP contribution in [0.4, 0.5) is 0 Å². The lowest BCUT2D eigenvalue weighted by Crippen LogP contribution is -2.42. The lowest BCUT2D eigenvalue weighted by atomic mass is 10.1. The first-order valence-electron chi connectivity index (χ1n) is 10.3. The number of halogens is 1. The van der Waals surface area contributed by atoms with E-state index in [1.807, 2.05) is 25.1 Å². The Balaban J connectivity index is 0.00000450. The molecule has 1 aliphatic rings. The van der Waals surface area contributed by atoms with Gasteiger partial charge in [-0.1, -0.05) is 25.1 Å². The zero-order chi connectivity index (χ0) is 21.0. The first-order chi connectivity index (χ1) is 14.0. The summed E-state index contributed by atoms with van der Waals surface area (Å²) in [4.78, 5) is 5.80. The first-order valence-corrected chi connectivity index (χ1v) is 12.8. The second-order valence-corrected chi connectivity index (χ2v) is 10.5. The summed E-state index contributed by atoms with van der Waals surface area (Å²) in [7, 11) is -3.34. The molecule has 2 atom stereocenters. The highest BCUT2D eigenvalue weighted by Crippen LogP contribution is 2.22. The number of nitrogens with zero attached hydrogens (tertiary/aromatic N) is 1. The normalized spacial score (nSPS) is 18.3. The molecule has 0 saturated carbocycles. The molecule has 1 aromatic carbocycles. The molecular weight excluding hydrogens is 535 g/mol. The average Bonchev–Trinajstić information content (AvgIpc) is 2.72. The van der Waals surface area contributed by atoms with Gasteiger partial charge in [-0.2, -0.15) is 0 Å². The zero-order valence-electron chi connectivity index (χ0n) is 17.8. The molecule has 1 fully saturated rings. The van der Waals surface area contributed by atoms with Crippen molar-refractivity contribution in [2.45, 2.75) is 49.4 Å². The number of hydrogen-bond donors (Lipinski definition) is 3. The number of thioether (sulfide) groups is 1. The summed E-state index contributed by atoms with van der Waals surface area (Å²) in [5.41, 5.74) is 0. The van der Waals surface area contributed by atoms with Gasteiger partial charge in [0, 0.05) is 36.4 Å². The monoisotopic (exact) mass is 570 g/mol. The van der Waals surface area contributed by atoms with Crippen molar-refractivity contribution in [3.05, 3.63) is 30.3 Å². The molecule has 7 nitrogen and oxygen atoms in total. The van der Waals surface area contributed by atoms with Crippen molar-refractivity contribution in [3.63, 3.8) is 0 Å². The van der Waals surface area contributed by atoms with Crippen LogP contribution in [-0.4, -0.2) is 64.3 Å². The van der Waals surface area contributed by atoms with Crippen molar-refractivity contribution < 1.29 is 13.2 Å². The van der Waals surface area contributed by atoms with Crippen molar-refractivity contribution in [1.29, 1.82) is 0 Å². The van der Waals surface area contributed by atoms with E-state index in [4.69, 9.17) is 4.74 Å². The molecule has 1 aliphatic heterocycles. The number of benzene rings is 1. The van der Waals surface area contributed by atoms with Crippen LogP contribution in [0.3, 0.4) is 0 Å². The SMILES string of the molecule is CCNC(=NCC(C)Sc1ccccc1)NCCS(=O)(=O)NCC1CCCCO1.I. The Morgan fingerprint density at radius 3 is 2.70 bits per heavy atom. The molecule has 30 heavy (non-hydrogen) atoms. The minimum atomic E-state index is -3.34. The first kappa shape index (κ1) is 27.5. The molecule has 1 heterocycles. The van der Waals surface area contributed by atoms with Crippen LogP contribution in [0.5, 0.6) is 0 Å². The van der Waals surface area contributed by atoms with Crippen LogP contribution in [0, 0.1) is 0 Å². The third-order valence-corrected chi connectivity index (χ3v) is 6.84. The maximum absolute atomic E-state index is 12.2. The highest BCUT2D eigenvalue weighted by molar-refractivity contribution is 14.0. The molecule has 1 saturated heterocycles. The lowest BCUT2D eigenvalue weighted by Gasteiger charge is -2.22. The van der Waals surface area contributed by atoms with Gasteiger partial charge in [0.05, 0.1) is 18.4 Å². The Hall–Kier alpha value is -0.560. The van der Waals surface area contributed by atoms with Gasteiger partial charge in [-0.25, -0.2) is 13.1 Å². The Bertz CT molecular complexity index is 714. The highest BCUT2D eigenvalue weighted by atomic mass is 127. The highest BCUT2D eigenvalue weighted by Gasteiger charge is 2.17. The van der Waals surface area contributed by atoms with Crippen molar-refractivity contribution in [2.75, 3.05) is 38.5 Å². The van der Waals surface area contributed by atoms with Gasteiger partial charge in [-0.15, -0.1) is 35.7 Å². The van der Waals surface area contributed by atoms with Crippen LogP contribution in [0.2, 0.25) is 0 Å². The molecule has 2 rings (SSSR count). The van der Waals surface area contributed by atoms with Gasteiger partial charge in [-0.05, 0) is 38.3 Å². The van der Waals surface area contributed by atoms with Crippen molar-refractivity contribution in [3.8, 4) is 0 Å². The largest absolute Gasteiger partial charge is 0.377 e. The van der Waals surface area contributed by atoms with E-state index in [9.17, 15) is 8.42 Å². The Labute approximate surface area is 202 Å². The van der Waals surface area contributed by atoms with Crippen molar-refractivity contribution in [2.24, 2.45) is 4.99 Å². The van der Waals surface area contributed by atoms with Gasteiger partial charge < -0.3 is 15.4 Å². The molecular formula is C20H35IN4O3S2. The summed E-state index contributed by atoms with van der Waals surface area (Å²) in [6.07, 6.45) is 3.06.